The molecule has 118 heavy (non-hydrogen) atoms. The molecule has 3 heterocycles. The molecule has 4 aromatic rings. The number of halogens is 4. The fourth-order valence-electron chi connectivity index (χ4n) is 13.1. The Bertz CT molecular complexity index is 4230. The Morgan fingerprint density at radius 1 is 0.449 bits per heavy atom. The SMILES string of the molecule is CCC1(C(=O)N[C@@H](Cc2ccc(NC(=O)c3c(Cl)cccc3Cl)cc2)C(=O)O)CCCC1.O=C(CCN1C(=O)C=CC1=O)NCCOCCOCCC(=O)ON1C(=O)CCC1=O.O=C(CCOCCOCCNC(=O)CCN1C(=O)C=CC1=O)NCCCC1(C(=O)N[C@@H](Cc2ccc(NC(=O)c3c(Cl)cccc3Cl)cc2)C(=O)O)CCCC1. The number of rotatable bonds is 44. The summed E-state index contributed by atoms with van der Waals surface area (Å²) in [5.74, 6) is -7.99. The molecule has 9 rings (SSSR count). The molecule has 9 N–H and O–H groups in total. The monoisotopic (exact) mass is 1720 g/mol. The van der Waals surface area contributed by atoms with E-state index in [4.69, 9.17) is 65.4 Å². The molecule has 0 unspecified atom stereocenters. The van der Waals surface area contributed by atoms with Crippen LogP contribution in [0.5, 0.6) is 0 Å². The summed E-state index contributed by atoms with van der Waals surface area (Å²) in [4.78, 5) is 198. The summed E-state index contributed by atoms with van der Waals surface area (Å²) < 4.78 is 21.3. The zero-order valence-electron chi connectivity index (χ0n) is 65.0. The number of hydrogen-bond acceptors (Lipinski definition) is 21. The second-order valence-corrected chi connectivity index (χ2v) is 29.6. The average molecular weight is 1720 g/mol. The number of nitrogens with one attached hydrogen (secondary N) is 7. The van der Waals surface area contributed by atoms with Gasteiger partial charge in [-0.25, -0.2) is 14.4 Å². The van der Waals surface area contributed by atoms with E-state index in [0.717, 1.165) is 66.0 Å². The van der Waals surface area contributed by atoms with E-state index in [2.05, 4.69) is 42.1 Å². The van der Waals surface area contributed by atoms with Crippen LogP contribution in [0.4, 0.5) is 11.4 Å². The molecule has 2 saturated carbocycles. The highest BCUT2D eigenvalue weighted by atomic mass is 35.5. The third-order valence-corrected chi connectivity index (χ3v) is 21.0. The molecule has 33 nitrogen and oxygen atoms in total. The number of hydrogen-bond donors (Lipinski definition) is 9. The summed E-state index contributed by atoms with van der Waals surface area (Å²) in [7, 11) is 0. The summed E-state index contributed by atoms with van der Waals surface area (Å²) in [5.41, 5.74) is 1.51. The van der Waals surface area contributed by atoms with Gasteiger partial charge in [0.15, 0.2) is 0 Å². The number of hydroxylamine groups is 2. The first-order valence-corrected chi connectivity index (χ1v) is 40.0. The minimum absolute atomic E-state index is 0.000576. The second kappa shape index (κ2) is 48.4. The van der Waals surface area contributed by atoms with Crippen molar-refractivity contribution in [3.63, 3.8) is 0 Å². The maximum Gasteiger partial charge on any atom is 0.335 e. The van der Waals surface area contributed by atoms with Crippen LogP contribution in [-0.4, -0.2) is 217 Å². The van der Waals surface area contributed by atoms with Crippen LogP contribution in [-0.2, 0) is 104 Å². The molecule has 13 amide bonds. The lowest BCUT2D eigenvalue weighted by molar-refractivity contribution is -0.198. The van der Waals surface area contributed by atoms with Gasteiger partial charge in [0.05, 0.1) is 90.5 Å². The minimum atomic E-state index is -1.16. The molecule has 0 aromatic heterocycles. The molecule has 0 bridgehead atoms. The van der Waals surface area contributed by atoms with Crippen molar-refractivity contribution < 1.29 is 111 Å². The van der Waals surface area contributed by atoms with E-state index >= 15 is 0 Å². The number of imide groups is 3. The van der Waals surface area contributed by atoms with Crippen molar-refractivity contribution in [1.82, 2.24) is 41.4 Å². The second-order valence-electron chi connectivity index (χ2n) is 27.9. The van der Waals surface area contributed by atoms with E-state index in [1.54, 1.807) is 84.9 Å². The largest absolute Gasteiger partial charge is 0.480 e. The van der Waals surface area contributed by atoms with Crippen LogP contribution in [0.25, 0.3) is 0 Å². The number of benzene rings is 4. The molecule has 2 atom stereocenters. The summed E-state index contributed by atoms with van der Waals surface area (Å²) in [5, 5.41) is 40.1. The van der Waals surface area contributed by atoms with Crippen molar-refractivity contribution in [1.29, 1.82) is 0 Å². The van der Waals surface area contributed by atoms with Crippen LogP contribution < -0.4 is 37.2 Å². The average Bonchev–Trinajstić information content (AvgIpc) is 1.53. The first-order chi connectivity index (χ1) is 56.5. The van der Waals surface area contributed by atoms with Crippen molar-refractivity contribution in [3.05, 3.63) is 152 Å². The van der Waals surface area contributed by atoms with E-state index in [-0.39, 0.29) is 191 Å². The van der Waals surface area contributed by atoms with E-state index in [1.165, 1.54) is 12.2 Å². The number of nitrogens with zero attached hydrogens (tertiary/aromatic N) is 3. The van der Waals surface area contributed by atoms with Crippen molar-refractivity contribution >= 4 is 152 Å². The van der Waals surface area contributed by atoms with Crippen LogP contribution in [0.3, 0.4) is 0 Å². The smallest absolute Gasteiger partial charge is 0.335 e. The Morgan fingerprint density at radius 3 is 1.19 bits per heavy atom. The quantitative estimate of drug-likeness (QED) is 0.0153. The highest BCUT2D eigenvalue weighted by Gasteiger charge is 2.43. The lowest BCUT2D eigenvalue weighted by Crippen LogP contribution is -2.49. The number of carboxylic acid groups (broad SMARTS) is 2. The predicted octanol–water partition coefficient (Wildman–Crippen LogP) is 7.45. The van der Waals surface area contributed by atoms with Crippen LogP contribution >= 0.6 is 46.4 Å². The lowest BCUT2D eigenvalue weighted by Gasteiger charge is -2.29. The van der Waals surface area contributed by atoms with Crippen LogP contribution in [0.15, 0.2) is 109 Å². The van der Waals surface area contributed by atoms with E-state index in [0.29, 0.717) is 60.7 Å². The van der Waals surface area contributed by atoms with E-state index in [1.807, 2.05) is 6.92 Å². The fraction of sp³-hybridized carbons (Fsp3) is 0.457. The molecule has 5 aliphatic rings. The first-order valence-electron chi connectivity index (χ1n) is 38.5. The van der Waals surface area contributed by atoms with E-state index in [9.17, 15) is 86.9 Å². The Balaban J connectivity index is 0.000000263. The summed E-state index contributed by atoms with van der Waals surface area (Å²) in [6.07, 6.45) is 13.2. The number of carboxylic acids is 2. The highest BCUT2D eigenvalue weighted by molar-refractivity contribution is 6.41. The van der Waals surface area contributed by atoms with Crippen molar-refractivity contribution in [2.24, 2.45) is 10.8 Å². The van der Waals surface area contributed by atoms with Crippen molar-refractivity contribution in [2.75, 3.05) is 96.2 Å². The molecule has 3 aliphatic heterocycles. The van der Waals surface area contributed by atoms with Gasteiger partial charge in [-0.1, -0.05) is 115 Å². The molecule has 1 saturated heterocycles. The van der Waals surface area contributed by atoms with Gasteiger partial charge in [-0.05, 0) is 105 Å². The first kappa shape index (κ1) is 94.6. The molecule has 37 heteroatoms. The maximum absolute atomic E-state index is 13.6. The summed E-state index contributed by atoms with van der Waals surface area (Å²) >= 11 is 24.4. The minimum Gasteiger partial charge on any atom is -0.480 e. The van der Waals surface area contributed by atoms with Crippen molar-refractivity contribution in [3.8, 4) is 0 Å². The zero-order valence-corrected chi connectivity index (χ0v) is 68.0. The predicted molar refractivity (Wildman–Crippen MR) is 429 cm³/mol. The molecule has 4 aromatic carbocycles. The van der Waals surface area contributed by atoms with Gasteiger partial charge in [0.2, 0.25) is 29.5 Å². The number of carbonyl (C=O) groups is 16. The number of anilines is 2. The number of amides is 13. The Hall–Kier alpha value is -10.5. The van der Waals surface area contributed by atoms with Crippen LogP contribution in [0, 0.1) is 10.8 Å². The molecule has 3 fully saturated rings. The Labute approximate surface area is 700 Å². The molecular formula is C81H96Cl4N10O23. The van der Waals surface area contributed by atoms with Crippen LogP contribution in [0.2, 0.25) is 20.1 Å². The Kier molecular flexibility index (Phi) is 38.8. The normalized spacial score (nSPS) is 15.5. The molecule has 0 radical (unpaired) electrons. The van der Waals surface area contributed by atoms with Gasteiger partial charge in [0, 0.05) is 124 Å². The molecule has 636 valence electrons. The summed E-state index contributed by atoms with van der Waals surface area (Å²) in [6.45, 7) is 4.54. The van der Waals surface area contributed by atoms with Crippen molar-refractivity contribution in [2.45, 2.75) is 141 Å². The third kappa shape index (κ3) is 30.1. The third-order valence-electron chi connectivity index (χ3n) is 19.7. The highest BCUT2D eigenvalue weighted by Crippen LogP contribution is 2.43. The zero-order chi connectivity index (χ0) is 85.7. The molecule has 0 spiro atoms. The van der Waals surface area contributed by atoms with Gasteiger partial charge in [-0.2, -0.15) is 0 Å². The number of carbonyl (C=O) groups excluding carboxylic acids is 14. The van der Waals surface area contributed by atoms with Gasteiger partial charge in [0.25, 0.3) is 47.3 Å². The van der Waals surface area contributed by atoms with Gasteiger partial charge >= 0.3 is 17.9 Å². The number of ether oxygens (including phenoxy) is 4. The summed E-state index contributed by atoms with van der Waals surface area (Å²) in [6, 6.07) is 20.8. The Morgan fingerprint density at radius 2 is 0.805 bits per heavy atom. The van der Waals surface area contributed by atoms with Gasteiger partial charge in [-0.3, -0.25) is 72.1 Å². The maximum atomic E-state index is 13.6. The molecular weight excluding hydrogens is 1620 g/mol. The lowest BCUT2D eigenvalue weighted by atomic mass is 9.80. The van der Waals surface area contributed by atoms with E-state index < -0.39 is 88.1 Å². The molecule has 2 aliphatic carbocycles. The van der Waals surface area contributed by atoms with Crippen LogP contribution in [0.1, 0.15) is 148 Å². The van der Waals surface area contributed by atoms with Gasteiger partial charge in [0.1, 0.15) is 12.1 Å². The standard InChI is InChI=1S/C39H47Cl2N5O10.C24H26Cl2N2O4.C18H23N3O9/c40-28-5-3-6-29(41)35(28)36(51)44-27-9-7-26(8-10-27)25-30(37(52)53)45-38(54)39(15-1-2-16-39)17-4-18-42-32(48)14-21-55-23-24-56-22-19-43-31(47)13-20-46-33(49)11-12-34(46)50;1-2-24(12-3-4-13-24)23(32)28-19(22(30)31)14-15-8-10-16(11-9-15)27-21(29)20-17(25)6-5-7-18(20)26;22-13(5-8-20-14(23)1-2-15(20)24)19-7-10-29-12-11-28-9-6-18(27)30-21-16(25)3-4-17(21)26/h3,5-12,30H,1-2,4,13-25H2,(H,42,48)(H,43,47)(H,44,51)(H,45,54)(H,52,53);5-11,19H,2-4,12-14H2,1H3,(H,27,29)(H,28,32)(H,30,31);1-2H,3-12H2,(H,19,22)/t30-;19-;/m00./s1. The topological polar surface area (TPSA) is 454 Å². The number of aliphatic carboxylic acids is 2. The van der Waals surface area contributed by atoms with Gasteiger partial charge in [-0.15, -0.1) is 5.06 Å². The fourth-order valence-corrected chi connectivity index (χ4v) is 14.3. The van der Waals surface area contributed by atoms with Gasteiger partial charge < -0.3 is 71.2 Å².